The fraction of sp³-hybridized carbons (Fsp3) is 0.529. The molecule has 1 aliphatic heterocycles. The van der Waals surface area contributed by atoms with Crippen LogP contribution in [0.15, 0.2) is 24.3 Å². The third-order valence-electron chi connectivity index (χ3n) is 3.85. The Kier molecular flexibility index (Phi) is 7.14. The second kappa shape index (κ2) is 9.34. The lowest BCUT2D eigenvalue weighted by Crippen LogP contribution is -2.59. The van der Waals surface area contributed by atoms with Crippen LogP contribution >= 0.6 is 0 Å². The summed E-state index contributed by atoms with van der Waals surface area (Å²) < 4.78 is 18.3. The van der Waals surface area contributed by atoms with Gasteiger partial charge < -0.3 is 20.3 Å². The number of unbranched alkanes of at least 4 members (excludes halogenated alkanes) is 1. The Labute approximate surface area is 141 Å². The number of anilines is 1. The first kappa shape index (κ1) is 18.4. The van der Waals surface area contributed by atoms with Crippen molar-refractivity contribution in [2.75, 3.05) is 38.2 Å². The summed E-state index contributed by atoms with van der Waals surface area (Å²) >= 11 is 0. The van der Waals surface area contributed by atoms with E-state index in [0.717, 1.165) is 12.8 Å². The third-order valence-corrected chi connectivity index (χ3v) is 3.85. The molecule has 0 unspecified atom stereocenters. The van der Waals surface area contributed by atoms with Crippen LogP contribution in [0.3, 0.4) is 0 Å². The normalized spacial score (nSPS) is 17.6. The maximum Gasteiger partial charge on any atom is 0.249 e. The van der Waals surface area contributed by atoms with Crippen LogP contribution in [0.5, 0.6) is 0 Å². The maximum atomic E-state index is 12.9. The Hall–Kier alpha value is -1.99. The minimum absolute atomic E-state index is 0.0136. The van der Waals surface area contributed by atoms with Crippen molar-refractivity contribution < 1.29 is 18.7 Å². The van der Waals surface area contributed by atoms with E-state index in [2.05, 4.69) is 17.6 Å². The lowest BCUT2D eigenvalue weighted by Gasteiger charge is -2.35. The number of nitrogens with zero attached hydrogens (tertiary/aromatic N) is 1. The van der Waals surface area contributed by atoms with Gasteiger partial charge in [-0.05, 0) is 30.7 Å². The number of piperazine rings is 1. The summed E-state index contributed by atoms with van der Waals surface area (Å²) in [7, 11) is 0. The molecule has 0 saturated carbocycles. The van der Waals surface area contributed by atoms with Crippen molar-refractivity contribution in [3.8, 4) is 0 Å². The smallest absolute Gasteiger partial charge is 0.249 e. The Morgan fingerprint density at radius 2 is 2.12 bits per heavy atom. The van der Waals surface area contributed by atoms with E-state index in [4.69, 9.17) is 4.74 Å². The number of hydrogen-bond donors (Lipinski definition) is 2. The molecule has 1 fully saturated rings. The van der Waals surface area contributed by atoms with Crippen molar-refractivity contribution >= 4 is 17.5 Å². The molecule has 0 spiro atoms. The summed E-state index contributed by atoms with van der Waals surface area (Å²) in [6, 6.07) is 4.93. The van der Waals surface area contributed by atoms with Gasteiger partial charge in [-0.1, -0.05) is 13.3 Å². The van der Waals surface area contributed by atoms with Crippen molar-refractivity contribution in [3.63, 3.8) is 0 Å². The van der Waals surface area contributed by atoms with Crippen LogP contribution in [0.4, 0.5) is 10.1 Å². The Balaban J connectivity index is 1.93. The molecule has 2 rings (SSSR count). The first-order valence-corrected chi connectivity index (χ1v) is 8.26. The summed E-state index contributed by atoms with van der Waals surface area (Å²) in [5.74, 6) is -0.851. The quantitative estimate of drug-likeness (QED) is 0.738. The van der Waals surface area contributed by atoms with Gasteiger partial charge in [-0.3, -0.25) is 9.59 Å². The number of nitrogens with one attached hydrogen (secondary N) is 2. The van der Waals surface area contributed by atoms with Crippen molar-refractivity contribution in [1.82, 2.24) is 10.2 Å². The van der Waals surface area contributed by atoms with Crippen molar-refractivity contribution in [1.29, 1.82) is 0 Å². The van der Waals surface area contributed by atoms with Crippen LogP contribution in [0.2, 0.25) is 0 Å². The summed E-state index contributed by atoms with van der Waals surface area (Å²) in [4.78, 5) is 26.3. The molecule has 1 aromatic rings. The largest absolute Gasteiger partial charge is 0.372 e. The average Bonchev–Trinajstić information content (AvgIpc) is 2.60. The first-order chi connectivity index (χ1) is 11.6. The number of amides is 2. The molecule has 0 radical (unpaired) electrons. The van der Waals surface area contributed by atoms with Gasteiger partial charge >= 0.3 is 0 Å². The van der Waals surface area contributed by atoms with Gasteiger partial charge in [-0.15, -0.1) is 0 Å². The van der Waals surface area contributed by atoms with Crippen LogP contribution in [0.1, 0.15) is 19.8 Å². The Morgan fingerprint density at radius 1 is 1.38 bits per heavy atom. The van der Waals surface area contributed by atoms with E-state index < -0.39 is 6.04 Å². The molecule has 0 aromatic heterocycles. The molecule has 1 atom stereocenters. The molecule has 0 aliphatic carbocycles. The maximum absolute atomic E-state index is 12.9. The SMILES string of the molecule is CCCCOCC(=O)N1CCNC[C@@H]1C(=O)Nc1ccc(F)cc1. The first-order valence-electron chi connectivity index (χ1n) is 8.26. The van der Waals surface area contributed by atoms with Crippen molar-refractivity contribution in [2.24, 2.45) is 0 Å². The van der Waals surface area contributed by atoms with Gasteiger partial charge in [0.2, 0.25) is 11.8 Å². The summed E-state index contributed by atoms with van der Waals surface area (Å²) in [6.07, 6.45) is 1.91. The van der Waals surface area contributed by atoms with Gasteiger partial charge in [0.25, 0.3) is 0 Å². The Morgan fingerprint density at radius 3 is 2.83 bits per heavy atom. The second-order valence-electron chi connectivity index (χ2n) is 5.71. The lowest BCUT2D eigenvalue weighted by molar-refractivity contribution is -0.143. The van der Waals surface area contributed by atoms with Gasteiger partial charge in [0.05, 0.1) is 0 Å². The van der Waals surface area contributed by atoms with E-state index in [1.165, 1.54) is 24.3 Å². The van der Waals surface area contributed by atoms with Crippen molar-refractivity contribution in [2.45, 2.75) is 25.8 Å². The number of rotatable bonds is 7. The number of ether oxygens (including phenoxy) is 1. The van der Waals surface area contributed by atoms with E-state index in [1.54, 1.807) is 4.90 Å². The van der Waals surface area contributed by atoms with E-state index in [-0.39, 0.29) is 24.2 Å². The number of carbonyl (C=O) groups is 2. The van der Waals surface area contributed by atoms with E-state index in [1.807, 2.05) is 0 Å². The molecule has 6 nitrogen and oxygen atoms in total. The molecule has 2 amide bonds. The monoisotopic (exact) mass is 337 g/mol. The number of halogens is 1. The zero-order valence-electron chi connectivity index (χ0n) is 13.9. The fourth-order valence-electron chi connectivity index (χ4n) is 2.48. The number of carbonyl (C=O) groups excluding carboxylic acids is 2. The average molecular weight is 337 g/mol. The summed E-state index contributed by atoms with van der Waals surface area (Å²) in [5, 5.41) is 5.84. The number of hydrogen-bond acceptors (Lipinski definition) is 4. The molecule has 132 valence electrons. The van der Waals surface area contributed by atoms with Gasteiger partial charge in [-0.2, -0.15) is 0 Å². The van der Waals surface area contributed by atoms with Gasteiger partial charge in [-0.25, -0.2) is 4.39 Å². The van der Waals surface area contributed by atoms with Crippen molar-refractivity contribution in [3.05, 3.63) is 30.1 Å². The van der Waals surface area contributed by atoms with E-state index >= 15 is 0 Å². The standard InChI is InChI=1S/C17H24FN3O3/c1-2-3-10-24-12-16(22)21-9-8-19-11-15(21)17(23)20-14-6-4-13(18)5-7-14/h4-7,15,19H,2-3,8-12H2,1H3,(H,20,23)/t15-/m1/s1. The summed E-state index contributed by atoms with van der Waals surface area (Å²) in [6.45, 7) is 4.06. The molecule has 1 aliphatic rings. The van der Waals surface area contributed by atoms with E-state index in [9.17, 15) is 14.0 Å². The molecule has 1 heterocycles. The molecule has 1 aromatic carbocycles. The van der Waals surface area contributed by atoms with Crippen LogP contribution in [-0.4, -0.2) is 55.6 Å². The Bertz CT molecular complexity index is 551. The highest BCUT2D eigenvalue weighted by molar-refractivity contribution is 5.97. The highest BCUT2D eigenvalue weighted by Crippen LogP contribution is 2.12. The summed E-state index contributed by atoms with van der Waals surface area (Å²) in [5.41, 5.74) is 0.499. The topological polar surface area (TPSA) is 70.7 Å². The molecular formula is C17H24FN3O3. The third kappa shape index (κ3) is 5.28. The molecular weight excluding hydrogens is 313 g/mol. The molecule has 7 heteroatoms. The van der Waals surface area contributed by atoms with Crippen LogP contribution in [0, 0.1) is 5.82 Å². The zero-order valence-corrected chi connectivity index (χ0v) is 13.9. The second-order valence-corrected chi connectivity index (χ2v) is 5.71. The molecule has 0 bridgehead atoms. The minimum Gasteiger partial charge on any atom is -0.372 e. The molecule has 2 N–H and O–H groups in total. The van der Waals surface area contributed by atoms with E-state index in [0.29, 0.717) is 31.9 Å². The fourth-order valence-corrected chi connectivity index (χ4v) is 2.48. The highest BCUT2D eigenvalue weighted by Gasteiger charge is 2.32. The zero-order chi connectivity index (χ0) is 17.4. The van der Waals surface area contributed by atoms with Crippen LogP contribution in [0.25, 0.3) is 0 Å². The number of benzene rings is 1. The predicted octanol–water partition coefficient (Wildman–Crippen LogP) is 1.38. The van der Waals surface area contributed by atoms with Gasteiger partial charge in [0, 0.05) is 31.9 Å². The van der Waals surface area contributed by atoms with Gasteiger partial charge in [0.15, 0.2) is 0 Å². The van der Waals surface area contributed by atoms with Crippen LogP contribution in [-0.2, 0) is 14.3 Å². The van der Waals surface area contributed by atoms with Gasteiger partial charge in [0.1, 0.15) is 18.5 Å². The highest BCUT2D eigenvalue weighted by atomic mass is 19.1. The predicted molar refractivity (Wildman–Crippen MR) is 89.1 cm³/mol. The van der Waals surface area contributed by atoms with Crippen LogP contribution < -0.4 is 10.6 Å². The molecule has 24 heavy (non-hydrogen) atoms. The molecule has 1 saturated heterocycles. The minimum atomic E-state index is -0.605. The lowest BCUT2D eigenvalue weighted by atomic mass is 10.1.